The number of fused-ring (bicyclic) bond motifs is 4. The fourth-order valence-electron chi connectivity index (χ4n) is 14.6. The number of unbranched alkanes of at least 4 members (excludes halogenated alkanes) is 7. The number of benzene rings is 2. The Balaban J connectivity index is 0.702. The van der Waals surface area contributed by atoms with Crippen LogP contribution in [0.15, 0.2) is 48.5 Å². The van der Waals surface area contributed by atoms with Crippen molar-refractivity contribution in [3.05, 3.63) is 70.8 Å². The van der Waals surface area contributed by atoms with Gasteiger partial charge in [0, 0.05) is 88.9 Å². The van der Waals surface area contributed by atoms with E-state index in [1.165, 1.54) is 16.7 Å². The number of carbonyl (C=O) groups excluding carboxylic acids is 8. The number of piperazine rings is 2. The molecule has 10 atom stereocenters. The molecule has 0 radical (unpaired) electrons. The zero-order valence-electron chi connectivity index (χ0n) is 52.7. The van der Waals surface area contributed by atoms with Gasteiger partial charge in [-0.2, -0.15) is 0 Å². The molecule has 0 bridgehead atoms. The van der Waals surface area contributed by atoms with E-state index in [1.807, 2.05) is 37.8 Å². The number of aryl methyl sites for hydroxylation is 2. The molecular weight excluding hydrogens is 1080 g/mol. The van der Waals surface area contributed by atoms with Crippen LogP contribution in [-0.4, -0.2) is 162 Å². The highest BCUT2D eigenvalue weighted by molar-refractivity contribution is 5.94. The van der Waals surface area contributed by atoms with Gasteiger partial charge in [-0.25, -0.2) is 0 Å². The van der Waals surface area contributed by atoms with Crippen molar-refractivity contribution in [2.24, 2.45) is 11.8 Å². The zero-order valence-corrected chi connectivity index (χ0v) is 52.7. The molecule has 0 saturated carbocycles. The van der Waals surface area contributed by atoms with E-state index in [1.54, 1.807) is 11.9 Å². The Morgan fingerprint density at radius 3 is 1.78 bits per heavy atom. The molecule has 4 heterocycles. The average molecular weight is 1190 g/mol. The second kappa shape index (κ2) is 33.7. The first-order valence-corrected chi connectivity index (χ1v) is 33.8. The van der Waals surface area contributed by atoms with Gasteiger partial charge in [-0.1, -0.05) is 94.5 Å². The van der Waals surface area contributed by atoms with Crippen molar-refractivity contribution >= 4 is 47.0 Å². The molecule has 5 N–H and O–H groups in total. The molecule has 2 aliphatic carbocycles. The van der Waals surface area contributed by atoms with Crippen LogP contribution >= 0.6 is 0 Å². The molecule has 17 heteroatoms. The normalized spacial score (nSPS) is 23.3. The fraction of sp³-hybridized carbons (Fsp3) is 0.710. The molecule has 0 spiro atoms. The third-order valence-electron chi connectivity index (χ3n) is 20.2. The van der Waals surface area contributed by atoms with E-state index in [0.717, 1.165) is 121 Å². The van der Waals surface area contributed by atoms with Crippen LogP contribution in [0.5, 0.6) is 0 Å². The lowest BCUT2D eigenvalue weighted by Gasteiger charge is -2.44. The van der Waals surface area contributed by atoms with Crippen molar-refractivity contribution < 1.29 is 38.4 Å². The third kappa shape index (κ3) is 18.5. The molecule has 6 aliphatic rings. The van der Waals surface area contributed by atoms with Crippen LogP contribution in [0.2, 0.25) is 0 Å². The van der Waals surface area contributed by atoms with Gasteiger partial charge in [0.15, 0.2) is 5.78 Å². The first kappa shape index (κ1) is 66.4. The van der Waals surface area contributed by atoms with Crippen LogP contribution in [0.3, 0.4) is 0 Å². The summed E-state index contributed by atoms with van der Waals surface area (Å²) in [6, 6.07) is 14.8. The Morgan fingerprint density at radius 2 is 1.15 bits per heavy atom. The summed E-state index contributed by atoms with van der Waals surface area (Å²) in [6.45, 7) is 10.5. The van der Waals surface area contributed by atoms with Crippen LogP contribution < -0.4 is 26.6 Å². The van der Waals surface area contributed by atoms with Crippen molar-refractivity contribution in [1.29, 1.82) is 0 Å². The maximum atomic E-state index is 14.7. The van der Waals surface area contributed by atoms with Gasteiger partial charge < -0.3 is 36.4 Å². The minimum atomic E-state index is -0.764. The monoisotopic (exact) mass is 1190 g/mol. The lowest BCUT2D eigenvalue weighted by atomic mass is 9.79. The van der Waals surface area contributed by atoms with E-state index < -0.39 is 24.0 Å². The number of Topliss-reactive ketones (excluding diaryl/α,β-unsaturated/α-hetero) is 2. The first-order valence-electron chi connectivity index (χ1n) is 33.8. The molecular formula is C69H105N9O8. The highest BCUT2D eigenvalue weighted by atomic mass is 16.2. The van der Waals surface area contributed by atoms with Gasteiger partial charge in [0.25, 0.3) is 0 Å². The lowest BCUT2D eigenvalue weighted by molar-refractivity contribution is -0.149. The van der Waals surface area contributed by atoms with Gasteiger partial charge in [-0.3, -0.25) is 48.2 Å². The second-order valence-electron chi connectivity index (χ2n) is 26.3. The standard InChI is InChI=1S/C69H105N9O8/c1-5-48(2)66(83)74-59(69(86)78-45-55-31-23-41-76(55)47-61(78)67(84)73-58-35-21-28-51-25-13-15-33-57(51)58)34-17-19-39-72-65(82)37-11-9-7-6-8-10-36-64(81)71-38-18-16-26-53(43-62(79)49(3)70-4)68(85)77-44-54-30-22-40-75(54)46-60(77)63(80)42-52-29-20-27-50-24-12-14-32-56(50)52/h12-15,24-25,32-33,48-49,52-55,58-61,70H,5-11,16-23,26-31,34-47H2,1-4H3,(H,71,81)(H,72,82)(H,73,84)(H,74,83)/t48-,49+,52+,53-,54-,55-,58-,59+,60+,61+/m1/s1. The molecule has 8 rings (SSSR count). The lowest BCUT2D eigenvalue weighted by Crippen LogP contribution is -2.65. The predicted octanol–water partition coefficient (Wildman–Crippen LogP) is 8.02. The molecule has 474 valence electrons. The van der Waals surface area contributed by atoms with Gasteiger partial charge in [0.05, 0.1) is 12.1 Å². The number of amides is 6. The van der Waals surface area contributed by atoms with Gasteiger partial charge in [0.1, 0.15) is 23.9 Å². The summed E-state index contributed by atoms with van der Waals surface area (Å²) < 4.78 is 0. The number of nitrogens with one attached hydrogen (secondary N) is 5. The molecule has 4 fully saturated rings. The quantitative estimate of drug-likeness (QED) is 0.0432. The van der Waals surface area contributed by atoms with Crippen molar-refractivity contribution in [1.82, 2.24) is 46.2 Å². The minimum Gasteiger partial charge on any atom is -0.356 e. The number of ketones is 2. The summed E-state index contributed by atoms with van der Waals surface area (Å²) in [6.07, 6.45) is 21.0. The smallest absolute Gasteiger partial charge is 0.245 e. The van der Waals surface area contributed by atoms with E-state index in [9.17, 15) is 38.4 Å². The molecule has 4 aliphatic heterocycles. The van der Waals surface area contributed by atoms with Gasteiger partial charge in [-0.05, 0) is 171 Å². The molecule has 4 saturated heterocycles. The van der Waals surface area contributed by atoms with Gasteiger partial charge in [-0.15, -0.1) is 0 Å². The third-order valence-corrected chi connectivity index (χ3v) is 20.2. The largest absolute Gasteiger partial charge is 0.356 e. The Hall–Kier alpha value is -5.52. The van der Waals surface area contributed by atoms with Crippen LogP contribution in [0.25, 0.3) is 0 Å². The molecule has 6 amide bonds. The van der Waals surface area contributed by atoms with Crippen molar-refractivity contribution in [3.8, 4) is 0 Å². The molecule has 0 aromatic heterocycles. The fourth-order valence-corrected chi connectivity index (χ4v) is 14.6. The van der Waals surface area contributed by atoms with Crippen LogP contribution in [0, 0.1) is 11.8 Å². The Bertz CT molecular complexity index is 2420. The van der Waals surface area contributed by atoms with Crippen molar-refractivity contribution in [2.75, 3.05) is 59.4 Å². The number of rotatable bonds is 33. The number of nitrogens with zero attached hydrogens (tertiary/aromatic N) is 4. The van der Waals surface area contributed by atoms with Crippen LogP contribution in [0.4, 0.5) is 0 Å². The van der Waals surface area contributed by atoms with Crippen molar-refractivity contribution in [2.45, 2.75) is 242 Å². The van der Waals surface area contributed by atoms with E-state index in [4.69, 9.17) is 0 Å². The Morgan fingerprint density at radius 1 is 0.593 bits per heavy atom. The SMILES string of the molecule is CC[C@@H](C)C(=O)N[C@@H](CCCCNC(=O)CCCCCCCCC(=O)NCCCC[C@H](CC(=O)[C@H](C)NC)C(=O)N1C[C@H]2CCCN2C[C@H]1C(=O)C[C@@H]1CCCc2ccccc21)C(=O)N1C[C@H]2CCCN2C[C@H]1C(=O)N[C@@H]1CCCc2ccccc21. The molecule has 2 aromatic carbocycles. The van der Waals surface area contributed by atoms with Crippen LogP contribution in [0.1, 0.15) is 216 Å². The minimum absolute atomic E-state index is 0.00171. The highest BCUT2D eigenvalue weighted by Crippen LogP contribution is 2.37. The maximum absolute atomic E-state index is 14.7. The Kier molecular flexibility index (Phi) is 26.1. The number of hydrogen-bond donors (Lipinski definition) is 5. The van der Waals surface area contributed by atoms with E-state index >= 15 is 0 Å². The number of carbonyl (C=O) groups is 8. The predicted molar refractivity (Wildman–Crippen MR) is 336 cm³/mol. The summed E-state index contributed by atoms with van der Waals surface area (Å²) in [5, 5.41) is 15.6. The van der Waals surface area contributed by atoms with Crippen LogP contribution in [-0.2, 0) is 51.2 Å². The first-order chi connectivity index (χ1) is 41.7. The zero-order chi connectivity index (χ0) is 61.0. The van der Waals surface area contributed by atoms with Crippen molar-refractivity contribution in [3.63, 3.8) is 0 Å². The molecule has 86 heavy (non-hydrogen) atoms. The van der Waals surface area contributed by atoms with E-state index in [2.05, 4.69) is 72.8 Å². The van der Waals surface area contributed by atoms with E-state index in [0.29, 0.717) is 103 Å². The van der Waals surface area contributed by atoms with Gasteiger partial charge in [0.2, 0.25) is 35.4 Å². The van der Waals surface area contributed by atoms with E-state index in [-0.39, 0.29) is 89.4 Å². The summed E-state index contributed by atoms with van der Waals surface area (Å²) in [5.41, 5.74) is 5.01. The molecule has 2 aromatic rings. The summed E-state index contributed by atoms with van der Waals surface area (Å²) in [7, 11) is 1.75. The number of likely N-dealkylation sites (N-methyl/N-ethyl adjacent to an activating group) is 1. The topological polar surface area (TPSA) is 210 Å². The average Bonchev–Trinajstić information content (AvgIpc) is 1.84. The Labute approximate surface area is 513 Å². The molecule has 0 unspecified atom stereocenters. The van der Waals surface area contributed by atoms with Gasteiger partial charge >= 0.3 is 0 Å². The second-order valence-corrected chi connectivity index (χ2v) is 26.3. The summed E-state index contributed by atoms with van der Waals surface area (Å²) >= 11 is 0. The summed E-state index contributed by atoms with van der Waals surface area (Å²) in [5.74, 6) is -1.07. The summed E-state index contributed by atoms with van der Waals surface area (Å²) in [4.78, 5) is 119. The number of hydrogen-bond acceptors (Lipinski definition) is 11. The highest BCUT2D eigenvalue weighted by Gasteiger charge is 2.46. The molecule has 17 nitrogen and oxygen atoms in total. The maximum Gasteiger partial charge on any atom is 0.245 e.